The van der Waals surface area contributed by atoms with Crippen LogP contribution in [-0.4, -0.2) is 54.7 Å². The van der Waals surface area contributed by atoms with Gasteiger partial charge in [-0.15, -0.1) is 0 Å². The van der Waals surface area contributed by atoms with Gasteiger partial charge in [0.1, 0.15) is 11.6 Å². The normalized spacial score (nSPS) is 14.5. The fourth-order valence-corrected chi connectivity index (χ4v) is 3.43. The summed E-state index contributed by atoms with van der Waals surface area (Å²) in [5.74, 6) is 1.25. The lowest BCUT2D eigenvalue weighted by Crippen LogP contribution is -2.33. The van der Waals surface area contributed by atoms with E-state index in [0.717, 1.165) is 18.5 Å². The molecular weight excluding hydrogens is 410 g/mol. The van der Waals surface area contributed by atoms with Crippen LogP contribution in [0.4, 0.5) is 16.3 Å². The number of carbonyl (C=O) groups excluding carboxylic acids is 2. The number of amides is 3. The van der Waals surface area contributed by atoms with Crippen LogP contribution >= 0.6 is 0 Å². The van der Waals surface area contributed by atoms with Crippen molar-refractivity contribution in [2.45, 2.75) is 26.7 Å². The maximum Gasteiger partial charge on any atom is 0.324 e. The number of carbonyl (C=O) groups is 2. The molecule has 0 spiro atoms. The predicted octanol–water partition coefficient (Wildman–Crippen LogP) is 3.08. The highest BCUT2D eigenvalue weighted by Crippen LogP contribution is 2.22. The van der Waals surface area contributed by atoms with Crippen LogP contribution in [0.3, 0.4) is 0 Å². The number of nitrogen functional groups attached to an aromatic ring is 1. The molecule has 0 saturated carbocycles. The van der Waals surface area contributed by atoms with Gasteiger partial charge >= 0.3 is 6.03 Å². The van der Waals surface area contributed by atoms with Crippen molar-refractivity contribution in [2.24, 2.45) is 5.92 Å². The molecule has 3 rings (SSSR count). The van der Waals surface area contributed by atoms with Gasteiger partial charge in [0.25, 0.3) is 5.91 Å². The molecule has 32 heavy (non-hydrogen) atoms. The zero-order valence-electron chi connectivity index (χ0n) is 18.6. The minimum absolute atomic E-state index is 0.00696. The summed E-state index contributed by atoms with van der Waals surface area (Å²) in [6.07, 6.45) is 3.39. The number of urea groups is 1. The molecule has 0 bridgehead atoms. The largest absolute Gasteiger partial charge is 0.494 e. The molecule has 1 unspecified atom stereocenters. The lowest BCUT2D eigenvalue weighted by atomic mass is 10.0. The van der Waals surface area contributed by atoms with E-state index < -0.39 is 0 Å². The van der Waals surface area contributed by atoms with Crippen LogP contribution in [0.15, 0.2) is 42.6 Å². The lowest BCUT2D eigenvalue weighted by Gasteiger charge is -2.20. The Morgan fingerprint density at radius 3 is 2.72 bits per heavy atom. The highest BCUT2D eigenvalue weighted by molar-refractivity contribution is 5.94. The van der Waals surface area contributed by atoms with Crippen LogP contribution in [-0.2, 0) is 4.84 Å². The van der Waals surface area contributed by atoms with E-state index in [2.05, 4.69) is 17.4 Å². The van der Waals surface area contributed by atoms with Gasteiger partial charge in [0.2, 0.25) is 0 Å². The second-order valence-corrected chi connectivity index (χ2v) is 7.78. The van der Waals surface area contributed by atoms with E-state index in [1.165, 1.54) is 0 Å². The van der Waals surface area contributed by atoms with E-state index in [4.69, 9.17) is 15.3 Å². The average Bonchev–Trinajstić information content (AvgIpc) is 3.16. The molecule has 172 valence electrons. The van der Waals surface area contributed by atoms with Gasteiger partial charge in [-0.1, -0.05) is 6.92 Å². The molecule has 1 aliphatic heterocycles. The van der Waals surface area contributed by atoms with Crippen molar-refractivity contribution in [1.29, 1.82) is 0 Å². The second-order valence-electron chi connectivity index (χ2n) is 7.78. The number of benzene rings is 1. The molecule has 0 radical (unpaired) electrons. The van der Waals surface area contributed by atoms with Crippen molar-refractivity contribution >= 4 is 23.4 Å². The number of ether oxygens (including phenoxy) is 1. The number of pyridine rings is 1. The first-order valence-corrected chi connectivity index (χ1v) is 10.9. The summed E-state index contributed by atoms with van der Waals surface area (Å²) < 4.78 is 5.80. The molecule has 0 aliphatic carbocycles. The Morgan fingerprint density at radius 2 is 2.00 bits per heavy atom. The zero-order valence-corrected chi connectivity index (χ0v) is 18.6. The Labute approximate surface area is 188 Å². The summed E-state index contributed by atoms with van der Waals surface area (Å²) in [6, 6.07) is 10.5. The maximum atomic E-state index is 12.7. The van der Waals surface area contributed by atoms with Gasteiger partial charge in [-0.05, 0) is 56.0 Å². The third-order valence-electron chi connectivity index (χ3n) is 5.37. The van der Waals surface area contributed by atoms with E-state index in [0.29, 0.717) is 55.9 Å². The smallest absolute Gasteiger partial charge is 0.324 e. The number of nitrogens with zero attached hydrogens (tertiary/aromatic N) is 3. The number of hydroxylamine groups is 1. The van der Waals surface area contributed by atoms with Crippen LogP contribution < -0.4 is 20.9 Å². The number of aromatic nitrogens is 1. The molecule has 3 N–H and O–H groups in total. The van der Waals surface area contributed by atoms with Crippen LogP contribution in [0.2, 0.25) is 0 Å². The van der Waals surface area contributed by atoms with Crippen molar-refractivity contribution in [3.63, 3.8) is 0 Å². The van der Waals surface area contributed by atoms with Gasteiger partial charge < -0.3 is 15.4 Å². The molecule has 2 heterocycles. The number of nitrogens with two attached hydrogens (primary N) is 1. The fraction of sp³-hybridized carbons (Fsp3) is 0.435. The number of anilines is 2. The topological polar surface area (TPSA) is 110 Å². The first-order chi connectivity index (χ1) is 15.5. The van der Waals surface area contributed by atoms with Crippen molar-refractivity contribution in [2.75, 3.05) is 43.5 Å². The monoisotopic (exact) mass is 441 g/mol. The van der Waals surface area contributed by atoms with Gasteiger partial charge in [-0.2, -0.15) is 0 Å². The molecule has 9 heteroatoms. The Hall–Kier alpha value is -3.33. The third-order valence-corrected chi connectivity index (χ3v) is 5.37. The van der Waals surface area contributed by atoms with Crippen molar-refractivity contribution in [3.05, 3.63) is 48.2 Å². The molecule has 1 fully saturated rings. The van der Waals surface area contributed by atoms with Gasteiger partial charge in [-0.25, -0.2) is 15.3 Å². The Bertz CT molecular complexity index is 906. The van der Waals surface area contributed by atoms with Gasteiger partial charge in [-0.3, -0.25) is 14.5 Å². The molecular formula is C23H31N5O4. The minimum Gasteiger partial charge on any atom is -0.494 e. The van der Waals surface area contributed by atoms with Gasteiger partial charge in [0, 0.05) is 37.5 Å². The molecule has 1 aliphatic rings. The SMILES string of the molecule is CCONC(=O)c1ccc(OCCC(C)CCN2CCN(c3ccnc(N)c3)C2=O)cc1. The Balaban J connectivity index is 1.37. The van der Waals surface area contributed by atoms with Crippen LogP contribution in [0.25, 0.3) is 0 Å². The summed E-state index contributed by atoms with van der Waals surface area (Å²) in [6.45, 7) is 7.01. The van der Waals surface area contributed by atoms with Crippen molar-refractivity contribution < 1.29 is 19.2 Å². The highest BCUT2D eigenvalue weighted by Gasteiger charge is 2.29. The predicted molar refractivity (Wildman–Crippen MR) is 122 cm³/mol. The lowest BCUT2D eigenvalue weighted by molar-refractivity contribution is 0.0364. The van der Waals surface area contributed by atoms with E-state index in [9.17, 15) is 9.59 Å². The summed E-state index contributed by atoms with van der Waals surface area (Å²) >= 11 is 0. The zero-order chi connectivity index (χ0) is 22.9. The Kier molecular flexibility index (Phi) is 8.27. The van der Waals surface area contributed by atoms with Crippen molar-refractivity contribution in [3.8, 4) is 5.75 Å². The third kappa shape index (κ3) is 6.34. The maximum absolute atomic E-state index is 12.7. The van der Waals surface area contributed by atoms with Gasteiger partial charge in [0.15, 0.2) is 0 Å². The average molecular weight is 442 g/mol. The van der Waals surface area contributed by atoms with Crippen LogP contribution in [0, 0.1) is 5.92 Å². The van der Waals surface area contributed by atoms with E-state index in [1.54, 1.807) is 54.4 Å². The first kappa shape index (κ1) is 23.3. The summed E-state index contributed by atoms with van der Waals surface area (Å²) in [5, 5.41) is 0. The number of hydrogen-bond acceptors (Lipinski definition) is 6. The molecule has 1 atom stereocenters. The van der Waals surface area contributed by atoms with Crippen LogP contribution in [0.1, 0.15) is 37.0 Å². The number of nitrogens with one attached hydrogen (secondary N) is 1. The molecule has 2 aromatic rings. The van der Waals surface area contributed by atoms with Crippen molar-refractivity contribution in [1.82, 2.24) is 15.4 Å². The number of rotatable bonds is 11. The van der Waals surface area contributed by atoms with Gasteiger partial charge in [0.05, 0.1) is 18.9 Å². The number of hydrogen-bond donors (Lipinski definition) is 2. The first-order valence-electron chi connectivity index (χ1n) is 10.9. The molecule has 9 nitrogen and oxygen atoms in total. The van der Waals surface area contributed by atoms with Crippen LogP contribution in [0.5, 0.6) is 5.75 Å². The summed E-state index contributed by atoms with van der Waals surface area (Å²) in [5.41, 5.74) is 9.39. The van der Waals surface area contributed by atoms with E-state index in [-0.39, 0.29) is 11.9 Å². The quantitative estimate of drug-likeness (QED) is 0.519. The highest BCUT2D eigenvalue weighted by atomic mass is 16.6. The standard InChI is InChI=1S/C23H31N5O4/c1-3-32-26-22(29)18-4-6-20(7-5-18)31-15-10-17(2)9-12-27-13-14-28(23(27)30)19-8-11-25-21(24)16-19/h4-8,11,16-17H,3,9-10,12-15H2,1-2H3,(H2,24,25)(H,26,29). The summed E-state index contributed by atoms with van der Waals surface area (Å²) in [7, 11) is 0. The second kappa shape index (κ2) is 11.3. The fourth-order valence-electron chi connectivity index (χ4n) is 3.43. The van der Waals surface area contributed by atoms with E-state index in [1.807, 2.05) is 4.90 Å². The molecule has 1 aromatic heterocycles. The Morgan fingerprint density at radius 1 is 1.22 bits per heavy atom. The summed E-state index contributed by atoms with van der Waals surface area (Å²) in [4.78, 5) is 37.0. The minimum atomic E-state index is -0.283. The molecule has 1 saturated heterocycles. The molecule has 3 amide bonds. The van der Waals surface area contributed by atoms with E-state index >= 15 is 0 Å². The molecule has 1 aromatic carbocycles.